The molecule has 0 aromatic carbocycles. The first-order chi connectivity index (χ1) is 39.0. The molecule has 0 aliphatic heterocycles. The predicted molar refractivity (Wildman–Crippen MR) is 344 cm³/mol. The maximum absolute atomic E-state index is 12.9. The zero-order valence-corrected chi connectivity index (χ0v) is 52.6. The third-order valence-electron chi connectivity index (χ3n) is 15.2. The highest BCUT2D eigenvalue weighted by molar-refractivity contribution is 5.71. The van der Waals surface area contributed by atoms with Crippen molar-refractivity contribution >= 4 is 17.9 Å². The second-order valence-electron chi connectivity index (χ2n) is 23.1. The molecule has 0 spiro atoms. The minimum Gasteiger partial charge on any atom is -0.462 e. The second-order valence-corrected chi connectivity index (χ2v) is 23.1. The maximum atomic E-state index is 12.9. The minimum absolute atomic E-state index is 0.0712. The lowest BCUT2D eigenvalue weighted by Gasteiger charge is -2.18. The van der Waals surface area contributed by atoms with Crippen LogP contribution in [0.4, 0.5) is 0 Å². The van der Waals surface area contributed by atoms with Gasteiger partial charge in [-0.15, -0.1) is 0 Å². The summed E-state index contributed by atoms with van der Waals surface area (Å²) in [6.07, 6.45) is 88.2. The van der Waals surface area contributed by atoms with Gasteiger partial charge < -0.3 is 14.2 Å². The van der Waals surface area contributed by atoms with E-state index in [2.05, 4.69) is 93.7 Å². The van der Waals surface area contributed by atoms with Crippen LogP contribution in [-0.2, 0) is 28.6 Å². The first kappa shape index (κ1) is 75.8. The molecule has 0 aliphatic carbocycles. The van der Waals surface area contributed by atoms with Crippen LogP contribution in [0.15, 0.2) is 72.9 Å². The van der Waals surface area contributed by atoms with Crippen LogP contribution in [0.2, 0.25) is 0 Å². The molecule has 0 aromatic rings. The van der Waals surface area contributed by atoms with E-state index in [4.69, 9.17) is 14.2 Å². The molecule has 0 saturated heterocycles. The van der Waals surface area contributed by atoms with Gasteiger partial charge in [-0.05, 0) is 70.6 Å². The van der Waals surface area contributed by atoms with Crippen LogP contribution in [-0.4, -0.2) is 37.2 Å². The standard InChI is InChI=1S/C73H130O6/c1-4-7-10-13-16-18-20-22-24-26-28-30-32-34-35-36-37-38-39-40-42-43-45-47-49-51-53-55-57-60-63-66-72(75)78-69-70(68-77-71(74)65-62-59-15-12-9-6-3)79-73(76)67-64-61-58-56-54-52-50-48-46-44-41-33-31-29-27-25-23-21-19-17-14-11-8-5-2/h7,10,16,18,22,24,28,30,34-35,37-38,70H,4-6,8-9,11-15,17,19-21,23,25-27,29,31-33,36,39-69H2,1-3H3/b10-7-,18-16-,24-22-,30-28-,35-34-,38-37-. The number of rotatable bonds is 63. The summed E-state index contributed by atoms with van der Waals surface area (Å²) in [7, 11) is 0. The summed E-state index contributed by atoms with van der Waals surface area (Å²) >= 11 is 0. The number of unbranched alkanes of at least 4 members (excludes halogenated alkanes) is 40. The molecule has 1 atom stereocenters. The monoisotopic (exact) mass is 1100 g/mol. The Bertz CT molecular complexity index is 1450. The van der Waals surface area contributed by atoms with Crippen LogP contribution < -0.4 is 0 Å². The molecule has 1 unspecified atom stereocenters. The van der Waals surface area contributed by atoms with Crippen molar-refractivity contribution in [3.63, 3.8) is 0 Å². The lowest BCUT2D eigenvalue weighted by Crippen LogP contribution is -2.30. The van der Waals surface area contributed by atoms with Crippen molar-refractivity contribution in [1.29, 1.82) is 0 Å². The summed E-state index contributed by atoms with van der Waals surface area (Å²) in [6, 6.07) is 0. The quantitative estimate of drug-likeness (QED) is 0.0261. The normalized spacial score (nSPS) is 12.5. The molecule has 79 heavy (non-hydrogen) atoms. The van der Waals surface area contributed by atoms with E-state index in [1.54, 1.807) is 0 Å². The Morgan fingerprint density at radius 3 is 0.772 bits per heavy atom. The van der Waals surface area contributed by atoms with Crippen molar-refractivity contribution in [2.24, 2.45) is 0 Å². The Labute approximate surface area is 491 Å². The van der Waals surface area contributed by atoms with E-state index in [1.165, 1.54) is 218 Å². The van der Waals surface area contributed by atoms with Gasteiger partial charge in [0.25, 0.3) is 0 Å². The number of ether oxygens (including phenoxy) is 3. The Hall–Kier alpha value is -3.15. The highest BCUT2D eigenvalue weighted by Crippen LogP contribution is 2.18. The van der Waals surface area contributed by atoms with Gasteiger partial charge in [0.2, 0.25) is 0 Å². The summed E-state index contributed by atoms with van der Waals surface area (Å²) < 4.78 is 16.9. The van der Waals surface area contributed by atoms with Crippen LogP contribution in [0.1, 0.15) is 355 Å². The summed E-state index contributed by atoms with van der Waals surface area (Å²) in [6.45, 7) is 6.52. The van der Waals surface area contributed by atoms with Gasteiger partial charge in [-0.2, -0.15) is 0 Å². The molecule has 6 heteroatoms. The highest BCUT2D eigenvalue weighted by atomic mass is 16.6. The van der Waals surface area contributed by atoms with Crippen LogP contribution in [0, 0.1) is 0 Å². The van der Waals surface area contributed by atoms with Crippen LogP contribution in [0.3, 0.4) is 0 Å². The summed E-state index contributed by atoms with van der Waals surface area (Å²) in [5, 5.41) is 0. The fraction of sp³-hybridized carbons (Fsp3) is 0.795. The SMILES string of the molecule is CC/C=C\C/C=C\C/C=C\C/C=C\C/C=C\C/C=C\CCCCCCCCCCCCCCC(=O)OCC(COC(=O)CCCCCCCC)OC(=O)CCCCCCCCCCCCCCCCCCCCCCCCCC. The number of allylic oxidation sites excluding steroid dienone is 12. The number of hydrogen-bond acceptors (Lipinski definition) is 6. The second kappa shape index (κ2) is 67.4. The van der Waals surface area contributed by atoms with E-state index in [1.807, 2.05) is 0 Å². The molecule has 0 aliphatic rings. The maximum Gasteiger partial charge on any atom is 0.306 e. The van der Waals surface area contributed by atoms with Crippen molar-refractivity contribution in [1.82, 2.24) is 0 Å². The molecule has 0 N–H and O–H groups in total. The van der Waals surface area contributed by atoms with Gasteiger partial charge in [0.15, 0.2) is 6.10 Å². The molecular weight excluding hydrogens is 973 g/mol. The molecule has 0 rings (SSSR count). The van der Waals surface area contributed by atoms with E-state index in [-0.39, 0.29) is 31.1 Å². The Balaban J connectivity index is 4.02. The zero-order chi connectivity index (χ0) is 57.1. The number of esters is 3. The third-order valence-corrected chi connectivity index (χ3v) is 15.2. The van der Waals surface area contributed by atoms with E-state index in [0.717, 1.165) is 96.3 Å². The lowest BCUT2D eigenvalue weighted by molar-refractivity contribution is -0.167. The smallest absolute Gasteiger partial charge is 0.306 e. The predicted octanol–water partition coefficient (Wildman–Crippen LogP) is 23.7. The first-order valence-corrected chi connectivity index (χ1v) is 34.4. The number of carbonyl (C=O) groups excluding carboxylic acids is 3. The lowest BCUT2D eigenvalue weighted by atomic mass is 10.0. The fourth-order valence-electron chi connectivity index (χ4n) is 10.1. The van der Waals surface area contributed by atoms with Gasteiger partial charge in [-0.1, -0.05) is 338 Å². The Morgan fingerprint density at radius 1 is 0.266 bits per heavy atom. The topological polar surface area (TPSA) is 78.9 Å². The van der Waals surface area contributed by atoms with Crippen molar-refractivity contribution in [2.75, 3.05) is 13.2 Å². The molecule has 0 saturated carbocycles. The van der Waals surface area contributed by atoms with Crippen molar-refractivity contribution in [2.45, 2.75) is 361 Å². The van der Waals surface area contributed by atoms with Gasteiger partial charge in [-0.3, -0.25) is 14.4 Å². The number of hydrogen-bond donors (Lipinski definition) is 0. The van der Waals surface area contributed by atoms with E-state index in [9.17, 15) is 14.4 Å². The van der Waals surface area contributed by atoms with Crippen molar-refractivity contribution < 1.29 is 28.6 Å². The Kier molecular flexibility index (Phi) is 64.7. The van der Waals surface area contributed by atoms with Gasteiger partial charge in [-0.25, -0.2) is 0 Å². The van der Waals surface area contributed by atoms with E-state index in [0.29, 0.717) is 19.3 Å². The highest BCUT2D eigenvalue weighted by Gasteiger charge is 2.19. The molecule has 6 nitrogen and oxygen atoms in total. The van der Waals surface area contributed by atoms with E-state index >= 15 is 0 Å². The van der Waals surface area contributed by atoms with E-state index < -0.39 is 6.10 Å². The summed E-state index contributed by atoms with van der Waals surface area (Å²) in [5.74, 6) is -0.863. The molecule has 0 amide bonds. The van der Waals surface area contributed by atoms with Gasteiger partial charge >= 0.3 is 17.9 Å². The van der Waals surface area contributed by atoms with Crippen LogP contribution in [0.25, 0.3) is 0 Å². The molecule has 0 radical (unpaired) electrons. The molecule has 0 fully saturated rings. The number of carbonyl (C=O) groups is 3. The average molecular weight is 1100 g/mol. The molecular formula is C73H130O6. The molecule has 0 aromatic heterocycles. The average Bonchev–Trinajstić information content (AvgIpc) is 3.45. The van der Waals surface area contributed by atoms with Crippen molar-refractivity contribution in [3.8, 4) is 0 Å². The Morgan fingerprint density at radius 2 is 0.494 bits per heavy atom. The molecule has 0 bridgehead atoms. The molecule has 458 valence electrons. The van der Waals surface area contributed by atoms with Crippen molar-refractivity contribution in [3.05, 3.63) is 72.9 Å². The van der Waals surface area contributed by atoms with Crippen LogP contribution in [0.5, 0.6) is 0 Å². The molecule has 0 heterocycles. The van der Waals surface area contributed by atoms with Gasteiger partial charge in [0.05, 0.1) is 0 Å². The van der Waals surface area contributed by atoms with Gasteiger partial charge in [0, 0.05) is 19.3 Å². The zero-order valence-electron chi connectivity index (χ0n) is 52.6. The third kappa shape index (κ3) is 65.5. The van der Waals surface area contributed by atoms with Crippen LogP contribution >= 0.6 is 0 Å². The minimum atomic E-state index is -0.771. The van der Waals surface area contributed by atoms with Gasteiger partial charge in [0.1, 0.15) is 13.2 Å². The summed E-state index contributed by atoms with van der Waals surface area (Å²) in [4.78, 5) is 38.1. The fourth-order valence-corrected chi connectivity index (χ4v) is 10.1. The first-order valence-electron chi connectivity index (χ1n) is 34.4. The largest absolute Gasteiger partial charge is 0.462 e. The summed E-state index contributed by atoms with van der Waals surface area (Å²) in [5.41, 5.74) is 0.